The van der Waals surface area contributed by atoms with E-state index in [2.05, 4.69) is 0 Å². The Hall–Kier alpha value is -1.03. The largest absolute Gasteiger partial charge is 0.327 e. The van der Waals surface area contributed by atoms with Crippen molar-refractivity contribution in [3.05, 3.63) is 35.4 Å². The van der Waals surface area contributed by atoms with Crippen molar-refractivity contribution in [1.29, 1.82) is 0 Å². The molecule has 1 aromatic rings. The first kappa shape index (κ1) is 11.0. The van der Waals surface area contributed by atoms with Crippen LogP contribution in [0, 0.1) is 11.6 Å². The van der Waals surface area contributed by atoms with Crippen molar-refractivity contribution in [1.82, 2.24) is 0 Å². The summed E-state index contributed by atoms with van der Waals surface area (Å²) < 4.78 is 39.5. The summed E-state index contributed by atoms with van der Waals surface area (Å²) in [5.74, 6) is -1.58. The first-order chi connectivity index (χ1) is 6.51. The summed E-state index contributed by atoms with van der Waals surface area (Å²) in [6.45, 7) is 1.29. The van der Waals surface area contributed by atoms with Gasteiger partial charge in [0, 0.05) is 12.6 Å². The van der Waals surface area contributed by atoms with Crippen LogP contribution in [0.25, 0.3) is 0 Å². The molecule has 0 aromatic heterocycles. The molecule has 0 aliphatic carbocycles. The number of nitrogens with two attached hydrogens (primary N) is 1. The Kier molecular flexibility index (Phi) is 3.16. The molecule has 0 bridgehead atoms. The van der Waals surface area contributed by atoms with Crippen LogP contribution >= 0.6 is 0 Å². The molecule has 1 atom stereocenters. The minimum Gasteiger partial charge on any atom is -0.327 e. The molecule has 2 N–H and O–H groups in total. The number of hydrogen-bond acceptors (Lipinski definition) is 1. The molecule has 0 radical (unpaired) electrons. The Labute approximate surface area is 80.7 Å². The van der Waals surface area contributed by atoms with Crippen LogP contribution in [0.15, 0.2) is 18.2 Å². The lowest BCUT2D eigenvalue weighted by Gasteiger charge is -2.22. The van der Waals surface area contributed by atoms with E-state index in [1.165, 1.54) is 0 Å². The van der Waals surface area contributed by atoms with E-state index in [4.69, 9.17) is 5.73 Å². The quantitative estimate of drug-likeness (QED) is 0.802. The second kappa shape index (κ2) is 4.00. The summed E-state index contributed by atoms with van der Waals surface area (Å²) in [5, 5.41) is 0. The second-order valence-corrected chi connectivity index (χ2v) is 3.18. The Morgan fingerprint density at radius 1 is 1.21 bits per heavy atom. The van der Waals surface area contributed by atoms with E-state index in [9.17, 15) is 13.2 Å². The van der Waals surface area contributed by atoms with Gasteiger partial charge in [0.15, 0.2) is 0 Å². The van der Waals surface area contributed by atoms with Crippen molar-refractivity contribution >= 4 is 0 Å². The van der Waals surface area contributed by atoms with E-state index in [1.807, 2.05) is 0 Å². The van der Waals surface area contributed by atoms with Gasteiger partial charge in [-0.15, -0.1) is 0 Å². The van der Waals surface area contributed by atoms with Crippen molar-refractivity contribution < 1.29 is 13.2 Å². The van der Waals surface area contributed by atoms with Crippen LogP contribution in [0.4, 0.5) is 13.2 Å². The molecule has 1 rings (SSSR count). The molecule has 0 aliphatic rings. The van der Waals surface area contributed by atoms with Crippen LogP contribution in [0.3, 0.4) is 0 Å². The number of alkyl halides is 1. The van der Waals surface area contributed by atoms with Crippen molar-refractivity contribution in [2.24, 2.45) is 5.73 Å². The maximum absolute atomic E-state index is 13.9. The first-order valence-corrected chi connectivity index (χ1v) is 4.37. The van der Waals surface area contributed by atoms with Crippen molar-refractivity contribution in [2.75, 3.05) is 6.54 Å². The molecular weight excluding hydrogens is 191 g/mol. The fourth-order valence-electron chi connectivity index (χ4n) is 1.28. The second-order valence-electron chi connectivity index (χ2n) is 3.18. The lowest BCUT2D eigenvalue weighted by atomic mass is 9.93. The van der Waals surface area contributed by atoms with Gasteiger partial charge in [0.05, 0.1) is 0 Å². The van der Waals surface area contributed by atoms with Gasteiger partial charge in [0.2, 0.25) is 0 Å². The van der Waals surface area contributed by atoms with Gasteiger partial charge in [-0.05, 0) is 24.1 Å². The third-order valence-electron chi connectivity index (χ3n) is 2.26. The lowest BCUT2D eigenvalue weighted by molar-refractivity contribution is 0.167. The van der Waals surface area contributed by atoms with Crippen LogP contribution in [0.2, 0.25) is 0 Å². The van der Waals surface area contributed by atoms with Crippen LogP contribution in [0.5, 0.6) is 0 Å². The topological polar surface area (TPSA) is 26.0 Å². The molecule has 14 heavy (non-hydrogen) atoms. The molecule has 0 saturated heterocycles. The van der Waals surface area contributed by atoms with Crippen molar-refractivity contribution in [3.63, 3.8) is 0 Å². The summed E-state index contributed by atoms with van der Waals surface area (Å²) in [5.41, 5.74) is 3.34. The zero-order valence-corrected chi connectivity index (χ0v) is 7.86. The molecule has 4 heteroatoms. The lowest BCUT2D eigenvalue weighted by Crippen LogP contribution is -2.29. The monoisotopic (exact) mass is 203 g/mol. The highest BCUT2D eigenvalue weighted by Crippen LogP contribution is 2.29. The van der Waals surface area contributed by atoms with E-state index < -0.39 is 17.3 Å². The molecule has 0 fully saturated rings. The molecule has 1 unspecified atom stereocenters. The van der Waals surface area contributed by atoms with Gasteiger partial charge in [-0.25, -0.2) is 13.2 Å². The maximum atomic E-state index is 13.9. The highest BCUT2D eigenvalue weighted by Gasteiger charge is 2.29. The van der Waals surface area contributed by atoms with E-state index >= 15 is 0 Å². The number of benzene rings is 1. The SMILES string of the molecule is CCC(F)(CN)c1cc(F)cc(F)c1. The third-order valence-corrected chi connectivity index (χ3v) is 2.26. The highest BCUT2D eigenvalue weighted by atomic mass is 19.1. The Bertz CT molecular complexity index is 301. The van der Waals surface area contributed by atoms with E-state index in [0.29, 0.717) is 6.07 Å². The van der Waals surface area contributed by atoms with E-state index in [-0.39, 0.29) is 18.5 Å². The summed E-state index contributed by atoms with van der Waals surface area (Å²) >= 11 is 0. The van der Waals surface area contributed by atoms with Gasteiger partial charge in [0.25, 0.3) is 0 Å². The van der Waals surface area contributed by atoms with Gasteiger partial charge >= 0.3 is 0 Å². The molecular formula is C10H12F3N. The average Bonchev–Trinajstić information content (AvgIpc) is 2.15. The Morgan fingerprint density at radius 2 is 1.71 bits per heavy atom. The average molecular weight is 203 g/mol. The molecule has 0 amide bonds. The third kappa shape index (κ3) is 2.07. The Morgan fingerprint density at radius 3 is 2.07 bits per heavy atom. The smallest absolute Gasteiger partial charge is 0.148 e. The molecule has 0 spiro atoms. The van der Waals surface area contributed by atoms with Crippen LogP contribution in [-0.4, -0.2) is 6.54 Å². The number of hydrogen-bond donors (Lipinski definition) is 1. The molecule has 0 aliphatic heterocycles. The molecule has 0 saturated carbocycles. The standard InChI is InChI=1S/C10H12F3N/c1-2-10(13,6-14)7-3-8(11)5-9(12)4-7/h3-5H,2,6,14H2,1H3. The van der Waals surface area contributed by atoms with Crippen molar-refractivity contribution in [2.45, 2.75) is 19.0 Å². The number of halogens is 3. The Balaban J connectivity index is 3.17. The molecule has 1 aromatic carbocycles. The summed E-state index contributed by atoms with van der Waals surface area (Å²) in [6, 6.07) is 2.65. The first-order valence-electron chi connectivity index (χ1n) is 4.37. The van der Waals surface area contributed by atoms with Crippen molar-refractivity contribution in [3.8, 4) is 0 Å². The van der Waals surface area contributed by atoms with Crippen LogP contribution < -0.4 is 5.73 Å². The van der Waals surface area contributed by atoms with Crippen LogP contribution in [0.1, 0.15) is 18.9 Å². The van der Waals surface area contributed by atoms with Gasteiger partial charge in [-0.3, -0.25) is 0 Å². The fraction of sp³-hybridized carbons (Fsp3) is 0.400. The molecule has 0 heterocycles. The van der Waals surface area contributed by atoms with Crippen LogP contribution in [-0.2, 0) is 5.67 Å². The van der Waals surface area contributed by atoms with E-state index in [1.54, 1.807) is 6.92 Å². The zero-order chi connectivity index (χ0) is 10.8. The predicted octanol–water partition coefficient (Wildman–Crippen LogP) is 2.50. The molecule has 1 nitrogen and oxygen atoms in total. The summed E-state index contributed by atoms with van der Waals surface area (Å²) in [7, 11) is 0. The molecule has 78 valence electrons. The highest BCUT2D eigenvalue weighted by molar-refractivity contribution is 5.24. The van der Waals surface area contributed by atoms with Gasteiger partial charge in [-0.1, -0.05) is 6.92 Å². The maximum Gasteiger partial charge on any atom is 0.148 e. The number of rotatable bonds is 3. The van der Waals surface area contributed by atoms with E-state index in [0.717, 1.165) is 12.1 Å². The summed E-state index contributed by atoms with van der Waals surface area (Å²) in [4.78, 5) is 0. The fourth-order valence-corrected chi connectivity index (χ4v) is 1.28. The normalized spacial score (nSPS) is 15.2. The minimum atomic E-state index is -1.84. The predicted molar refractivity (Wildman–Crippen MR) is 48.5 cm³/mol. The van der Waals surface area contributed by atoms with Gasteiger partial charge in [-0.2, -0.15) is 0 Å². The van der Waals surface area contributed by atoms with Gasteiger partial charge < -0.3 is 5.73 Å². The summed E-state index contributed by atoms with van der Waals surface area (Å²) in [6.07, 6.45) is 0.0897. The zero-order valence-electron chi connectivity index (χ0n) is 7.86. The van der Waals surface area contributed by atoms with Gasteiger partial charge in [0.1, 0.15) is 17.3 Å². The minimum absolute atomic E-state index is 0.0417.